The molecule has 0 saturated heterocycles. The standard InChI is InChI=1S/C13H12N2O3/c1-16-10-4-5-11(17-2)12-9(10)6-8(7-14)13(15-12)18-3/h4-6H,1-3H3. The molecule has 0 saturated carbocycles. The first-order valence-corrected chi connectivity index (χ1v) is 5.25. The van der Waals surface area contributed by atoms with E-state index in [0.717, 1.165) is 0 Å². The van der Waals surface area contributed by atoms with Gasteiger partial charge in [-0.25, -0.2) is 4.98 Å². The smallest absolute Gasteiger partial charge is 0.232 e. The molecule has 5 heteroatoms. The normalized spacial score (nSPS) is 9.89. The number of fused-ring (bicyclic) bond motifs is 1. The lowest BCUT2D eigenvalue weighted by Gasteiger charge is -2.10. The zero-order valence-electron chi connectivity index (χ0n) is 10.4. The fourth-order valence-electron chi connectivity index (χ4n) is 1.77. The lowest BCUT2D eigenvalue weighted by Crippen LogP contribution is -1.96. The van der Waals surface area contributed by atoms with Gasteiger partial charge in [0.15, 0.2) is 0 Å². The highest BCUT2D eigenvalue weighted by molar-refractivity contribution is 5.91. The number of aromatic nitrogens is 1. The van der Waals surface area contributed by atoms with Gasteiger partial charge < -0.3 is 14.2 Å². The van der Waals surface area contributed by atoms with Crippen molar-refractivity contribution in [3.8, 4) is 23.4 Å². The van der Waals surface area contributed by atoms with Gasteiger partial charge in [0.2, 0.25) is 5.88 Å². The lowest BCUT2D eigenvalue weighted by molar-refractivity contribution is 0.393. The van der Waals surface area contributed by atoms with Crippen LogP contribution in [0.2, 0.25) is 0 Å². The maximum Gasteiger partial charge on any atom is 0.232 e. The third-order valence-corrected chi connectivity index (χ3v) is 2.63. The summed E-state index contributed by atoms with van der Waals surface area (Å²) in [6, 6.07) is 7.26. The molecule has 0 bridgehead atoms. The van der Waals surface area contributed by atoms with Crippen molar-refractivity contribution in [2.75, 3.05) is 21.3 Å². The van der Waals surface area contributed by atoms with E-state index in [0.29, 0.717) is 28.0 Å². The lowest BCUT2D eigenvalue weighted by atomic mass is 10.1. The first-order chi connectivity index (χ1) is 8.74. The van der Waals surface area contributed by atoms with E-state index < -0.39 is 0 Å². The molecule has 0 aliphatic heterocycles. The van der Waals surface area contributed by atoms with E-state index in [-0.39, 0.29) is 5.88 Å². The first kappa shape index (κ1) is 12.0. The third kappa shape index (κ3) is 1.78. The van der Waals surface area contributed by atoms with E-state index in [1.165, 1.54) is 7.11 Å². The van der Waals surface area contributed by atoms with Crippen LogP contribution in [-0.4, -0.2) is 26.3 Å². The van der Waals surface area contributed by atoms with Crippen molar-refractivity contribution < 1.29 is 14.2 Å². The fraction of sp³-hybridized carbons (Fsp3) is 0.231. The van der Waals surface area contributed by atoms with Crippen LogP contribution < -0.4 is 14.2 Å². The predicted octanol–water partition coefficient (Wildman–Crippen LogP) is 2.13. The highest BCUT2D eigenvalue weighted by atomic mass is 16.5. The van der Waals surface area contributed by atoms with Crippen molar-refractivity contribution in [1.82, 2.24) is 4.98 Å². The largest absolute Gasteiger partial charge is 0.496 e. The Bertz CT molecular complexity index is 632. The molecule has 1 aromatic heterocycles. The molecule has 0 aliphatic rings. The fourth-order valence-corrected chi connectivity index (χ4v) is 1.77. The molecular formula is C13H12N2O3. The molecule has 2 aromatic rings. The third-order valence-electron chi connectivity index (χ3n) is 2.63. The van der Waals surface area contributed by atoms with Crippen molar-refractivity contribution in [1.29, 1.82) is 5.26 Å². The molecule has 5 nitrogen and oxygen atoms in total. The highest BCUT2D eigenvalue weighted by Crippen LogP contribution is 2.34. The molecule has 1 heterocycles. The summed E-state index contributed by atoms with van der Waals surface area (Å²) in [5.41, 5.74) is 0.962. The SMILES string of the molecule is COc1nc2c(OC)ccc(OC)c2cc1C#N. The van der Waals surface area contributed by atoms with Gasteiger partial charge in [-0.3, -0.25) is 0 Å². The minimum Gasteiger partial charge on any atom is -0.496 e. The number of rotatable bonds is 3. The van der Waals surface area contributed by atoms with E-state index in [1.54, 1.807) is 32.4 Å². The average Bonchev–Trinajstić information content (AvgIpc) is 2.44. The van der Waals surface area contributed by atoms with E-state index in [2.05, 4.69) is 4.98 Å². The van der Waals surface area contributed by atoms with Crippen molar-refractivity contribution in [3.05, 3.63) is 23.8 Å². The Morgan fingerprint density at radius 3 is 2.28 bits per heavy atom. The van der Waals surface area contributed by atoms with Gasteiger partial charge in [0, 0.05) is 5.39 Å². The predicted molar refractivity (Wildman–Crippen MR) is 66.1 cm³/mol. The molecule has 1 aromatic carbocycles. The number of ether oxygens (including phenoxy) is 3. The Morgan fingerprint density at radius 2 is 1.72 bits per heavy atom. The summed E-state index contributed by atoms with van der Waals surface area (Å²) < 4.78 is 15.6. The zero-order valence-corrected chi connectivity index (χ0v) is 10.4. The summed E-state index contributed by atoms with van der Waals surface area (Å²) in [6.07, 6.45) is 0. The van der Waals surface area contributed by atoms with Crippen molar-refractivity contribution in [2.45, 2.75) is 0 Å². The number of nitrogens with zero attached hydrogens (tertiary/aromatic N) is 2. The number of methoxy groups -OCH3 is 3. The first-order valence-electron chi connectivity index (χ1n) is 5.25. The average molecular weight is 244 g/mol. The number of hydrogen-bond donors (Lipinski definition) is 0. The van der Waals surface area contributed by atoms with E-state index in [4.69, 9.17) is 19.5 Å². The monoisotopic (exact) mass is 244 g/mol. The van der Waals surface area contributed by atoms with Gasteiger partial charge in [0.05, 0.1) is 21.3 Å². The Labute approximate surface area is 105 Å². The summed E-state index contributed by atoms with van der Waals surface area (Å²) in [5, 5.41) is 9.77. The molecule has 0 N–H and O–H groups in total. The Kier molecular flexibility index (Phi) is 3.20. The minimum absolute atomic E-state index is 0.275. The van der Waals surface area contributed by atoms with Crippen molar-refractivity contribution in [2.24, 2.45) is 0 Å². The van der Waals surface area contributed by atoms with Crippen LogP contribution in [0.5, 0.6) is 17.4 Å². The summed E-state index contributed by atoms with van der Waals surface area (Å²) in [5.74, 6) is 1.52. The van der Waals surface area contributed by atoms with Crippen LogP contribution in [0.1, 0.15) is 5.56 Å². The molecule has 0 aliphatic carbocycles. The molecule has 0 spiro atoms. The highest BCUT2D eigenvalue weighted by Gasteiger charge is 2.13. The van der Waals surface area contributed by atoms with Crippen LogP contribution in [0, 0.1) is 11.3 Å². The molecule has 0 radical (unpaired) electrons. The van der Waals surface area contributed by atoms with Gasteiger partial charge in [-0.15, -0.1) is 0 Å². The van der Waals surface area contributed by atoms with Crippen LogP contribution in [0.4, 0.5) is 0 Å². The molecule has 92 valence electrons. The Hall–Kier alpha value is -2.48. The Morgan fingerprint density at radius 1 is 1.06 bits per heavy atom. The maximum absolute atomic E-state index is 9.06. The van der Waals surface area contributed by atoms with Gasteiger partial charge in [-0.05, 0) is 18.2 Å². The summed E-state index contributed by atoms with van der Waals surface area (Å²) in [6.45, 7) is 0. The second kappa shape index (κ2) is 4.80. The summed E-state index contributed by atoms with van der Waals surface area (Å²) in [4.78, 5) is 4.29. The van der Waals surface area contributed by atoms with Crippen molar-refractivity contribution in [3.63, 3.8) is 0 Å². The van der Waals surface area contributed by atoms with E-state index in [9.17, 15) is 0 Å². The number of hydrogen-bond acceptors (Lipinski definition) is 5. The van der Waals surface area contributed by atoms with Crippen LogP contribution in [0.25, 0.3) is 10.9 Å². The minimum atomic E-state index is 0.275. The van der Waals surface area contributed by atoms with E-state index >= 15 is 0 Å². The zero-order chi connectivity index (χ0) is 13.1. The van der Waals surface area contributed by atoms with Gasteiger partial charge in [0.1, 0.15) is 28.6 Å². The van der Waals surface area contributed by atoms with Crippen LogP contribution in [0.15, 0.2) is 18.2 Å². The van der Waals surface area contributed by atoms with Crippen LogP contribution in [0.3, 0.4) is 0 Å². The quantitative estimate of drug-likeness (QED) is 0.827. The second-order valence-electron chi connectivity index (χ2n) is 3.52. The molecule has 0 amide bonds. The summed E-state index contributed by atoms with van der Waals surface area (Å²) >= 11 is 0. The van der Waals surface area contributed by atoms with Gasteiger partial charge in [-0.1, -0.05) is 0 Å². The van der Waals surface area contributed by atoms with Gasteiger partial charge in [0.25, 0.3) is 0 Å². The topological polar surface area (TPSA) is 64.4 Å². The van der Waals surface area contributed by atoms with Crippen LogP contribution >= 0.6 is 0 Å². The molecule has 0 fully saturated rings. The second-order valence-corrected chi connectivity index (χ2v) is 3.52. The number of benzene rings is 1. The van der Waals surface area contributed by atoms with Gasteiger partial charge >= 0.3 is 0 Å². The maximum atomic E-state index is 9.06. The molecular weight excluding hydrogens is 232 g/mol. The van der Waals surface area contributed by atoms with Crippen LogP contribution in [-0.2, 0) is 0 Å². The number of nitriles is 1. The van der Waals surface area contributed by atoms with Crippen molar-refractivity contribution >= 4 is 10.9 Å². The molecule has 18 heavy (non-hydrogen) atoms. The van der Waals surface area contributed by atoms with E-state index in [1.807, 2.05) is 6.07 Å². The van der Waals surface area contributed by atoms with Gasteiger partial charge in [-0.2, -0.15) is 5.26 Å². The molecule has 0 unspecified atom stereocenters. The Balaban J connectivity index is 2.85. The molecule has 0 atom stereocenters. The molecule has 2 rings (SSSR count). The number of pyridine rings is 1. The summed E-state index contributed by atoms with van der Waals surface area (Å²) in [7, 11) is 4.60.